The molecule has 0 atom stereocenters. The quantitative estimate of drug-likeness (QED) is 0.653. The van der Waals surface area contributed by atoms with E-state index in [1.165, 1.54) is 4.31 Å². The van der Waals surface area contributed by atoms with Crippen molar-refractivity contribution < 1.29 is 8.42 Å². The monoisotopic (exact) mass is 351 g/mol. The van der Waals surface area contributed by atoms with E-state index in [0.717, 1.165) is 16.7 Å². The molecule has 0 heterocycles. The molecule has 0 amide bonds. The van der Waals surface area contributed by atoms with Gasteiger partial charge in [-0.1, -0.05) is 48.0 Å². The number of hydrogen-bond donors (Lipinski definition) is 0. The van der Waals surface area contributed by atoms with Crippen LogP contribution in [0.15, 0.2) is 77.7 Å². The molecule has 3 aromatic carbocycles. The van der Waals surface area contributed by atoms with Gasteiger partial charge in [0.05, 0.1) is 16.3 Å². The lowest BCUT2D eigenvalue weighted by Gasteiger charge is -2.26. The summed E-state index contributed by atoms with van der Waals surface area (Å²) in [5.41, 5.74) is 4.24. The molecule has 3 aromatic rings. The Kier molecular flexibility index (Phi) is 4.64. The van der Waals surface area contributed by atoms with E-state index in [1.807, 2.05) is 81.4 Å². The highest BCUT2D eigenvalue weighted by Crippen LogP contribution is 2.35. The average molecular weight is 351 g/mol. The lowest BCUT2D eigenvalue weighted by Crippen LogP contribution is -2.27. The molecule has 0 spiro atoms. The van der Waals surface area contributed by atoms with E-state index in [-0.39, 0.29) is 4.90 Å². The zero-order chi connectivity index (χ0) is 18.0. The van der Waals surface area contributed by atoms with Gasteiger partial charge >= 0.3 is 0 Å². The van der Waals surface area contributed by atoms with Gasteiger partial charge in [-0.05, 0) is 62.2 Å². The van der Waals surface area contributed by atoms with E-state index in [9.17, 15) is 8.42 Å². The summed E-state index contributed by atoms with van der Waals surface area (Å²) in [6.07, 6.45) is 0. The first-order valence-corrected chi connectivity index (χ1v) is 9.58. The number of benzene rings is 3. The first kappa shape index (κ1) is 17.2. The van der Waals surface area contributed by atoms with E-state index >= 15 is 0 Å². The van der Waals surface area contributed by atoms with Gasteiger partial charge < -0.3 is 0 Å². The molecule has 0 bridgehead atoms. The second-order valence-electron chi connectivity index (χ2n) is 6.21. The Balaban J connectivity index is 2.25. The summed E-state index contributed by atoms with van der Waals surface area (Å²) in [5, 5.41) is 0. The van der Waals surface area contributed by atoms with Gasteiger partial charge in [0.25, 0.3) is 10.0 Å². The molecule has 0 saturated heterocycles. The molecule has 0 aliphatic heterocycles. The van der Waals surface area contributed by atoms with Crippen molar-refractivity contribution in [2.75, 3.05) is 4.31 Å². The minimum atomic E-state index is -3.73. The molecule has 3 rings (SSSR count). The van der Waals surface area contributed by atoms with Crippen molar-refractivity contribution in [3.05, 3.63) is 89.5 Å². The highest BCUT2D eigenvalue weighted by Gasteiger charge is 2.27. The van der Waals surface area contributed by atoms with Gasteiger partial charge in [-0.2, -0.15) is 0 Å². The summed E-state index contributed by atoms with van der Waals surface area (Å²) < 4.78 is 28.3. The van der Waals surface area contributed by atoms with Gasteiger partial charge in [-0.15, -0.1) is 0 Å². The predicted octanol–water partition coefficient (Wildman–Crippen LogP) is 5.14. The SMILES string of the molecule is Cc1ccc(S(=O)(=O)N(c2ccccc2)c2cc(C)ccc2C)cc1. The second kappa shape index (κ2) is 6.73. The maximum atomic E-state index is 13.4. The first-order valence-electron chi connectivity index (χ1n) is 8.14. The molecule has 0 N–H and O–H groups in total. The largest absolute Gasteiger partial charge is 0.268 e. The molecule has 0 aromatic heterocycles. The Labute approximate surface area is 149 Å². The number of aryl methyl sites for hydroxylation is 3. The minimum Gasteiger partial charge on any atom is -0.234 e. The Bertz CT molecular complexity index is 978. The van der Waals surface area contributed by atoms with Crippen LogP contribution in [0.4, 0.5) is 11.4 Å². The van der Waals surface area contributed by atoms with E-state index in [4.69, 9.17) is 0 Å². The molecule has 0 saturated carbocycles. The number of anilines is 2. The normalized spacial score (nSPS) is 11.3. The molecule has 4 heteroatoms. The fourth-order valence-electron chi connectivity index (χ4n) is 2.72. The summed E-state index contributed by atoms with van der Waals surface area (Å²) in [6.45, 7) is 5.83. The molecule has 128 valence electrons. The van der Waals surface area contributed by atoms with Crippen LogP contribution in [0, 0.1) is 20.8 Å². The van der Waals surface area contributed by atoms with Crippen LogP contribution in [0.2, 0.25) is 0 Å². The van der Waals surface area contributed by atoms with Crippen LogP contribution in [0.3, 0.4) is 0 Å². The molecule has 3 nitrogen and oxygen atoms in total. The third kappa shape index (κ3) is 3.44. The summed E-state index contributed by atoms with van der Waals surface area (Å²) in [5.74, 6) is 0. The number of sulfonamides is 1. The lowest BCUT2D eigenvalue weighted by atomic mass is 10.1. The van der Waals surface area contributed by atoms with Crippen LogP contribution in [0.5, 0.6) is 0 Å². The highest BCUT2D eigenvalue weighted by molar-refractivity contribution is 7.93. The molecular weight excluding hydrogens is 330 g/mol. The van der Waals surface area contributed by atoms with Crippen LogP contribution in [0.25, 0.3) is 0 Å². The highest BCUT2D eigenvalue weighted by atomic mass is 32.2. The standard InChI is InChI=1S/C21H21NO2S/c1-16-10-13-20(14-11-16)25(23,24)22(19-7-5-4-6-8-19)21-15-17(2)9-12-18(21)3/h4-15H,1-3H3. The summed E-state index contributed by atoms with van der Waals surface area (Å²) in [6, 6.07) is 22.0. The van der Waals surface area contributed by atoms with E-state index < -0.39 is 10.0 Å². The van der Waals surface area contributed by atoms with Crippen LogP contribution < -0.4 is 4.31 Å². The summed E-state index contributed by atoms with van der Waals surface area (Å²) in [4.78, 5) is 0.280. The van der Waals surface area contributed by atoms with Crippen molar-refractivity contribution in [3.8, 4) is 0 Å². The maximum Gasteiger partial charge on any atom is 0.268 e. The van der Waals surface area contributed by atoms with Crippen LogP contribution in [0.1, 0.15) is 16.7 Å². The van der Waals surface area contributed by atoms with Crippen LogP contribution in [-0.4, -0.2) is 8.42 Å². The topological polar surface area (TPSA) is 37.4 Å². The Hall–Kier alpha value is -2.59. The smallest absolute Gasteiger partial charge is 0.234 e. The van der Waals surface area contributed by atoms with Gasteiger partial charge in [0.2, 0.25) is 0 Å². The van der Waals surface area contributed by atoms with Gasteiger partial charge in [0, 0.05) is 0 Å². The lowest BCUT2D eigenvalue weighted by molar-refractivity contribution is 0.596. The Morgan fingerprint density at radius 3 is 1.96 bits per heavy atom. The number of rotatable bonds is 4. The third-order valence-corrected chi connectivity index (χ3v) is 5.89. The zero-order valence-electron chi connectivity index (χ0n) is 14.6. The maximum absolute atomic E-state index is 13.4. The fourth-order valence-corrected chi connectivity index (χ4v) is 4.27. The molecule has 0 aliphatic carbocycles. The summed E-state index contributed by atoms with van der Waals surface area (Å²) in [7, 11) is -3.73. The van der Waals surface area contributed by atoms with Crippen molar-refractivity contribution in [3.63, 3.8) is 0 Å². The van der Waals surface area contributed by atoms with Crippen LogP contribution >= 0.6 is 0 Å². The van der Waals surface area contributed by atoms with Crippen LogP contribution in [-0.2, 0) is 10.0 Å². The predicted molar refractivity (Wildman–Crippen MR) is 103 cm³/mol. The minimum absolute atomic E-state index is 0.280. The van der Waals surface area contributed by atoms with E-state index in [0.29, 0.717) is 11.4 Å². The fraction of sp³-hybridized carbons (Fsp3) is 0.143. The molecule has 0 unspecified atom stereocenters. The Morgan fingerprint density at radius 1 is 0.720 bits per heavy atom. The molecule has 0 fully saturated rings. The summed E-state index contributed by atoms with van der Waals surface area (Å²) >= 11 is 0. The number of nitrogens with zero attached hydrogens (tertiary/aromatic N) is 1. The first-order chi connectivity index (χ1) is 11.9. The molecular formula is C21H21NO2S. The van der Waals surface area contributed by atoms with E-state index in [1.54, 1.807) is 12.1 Å². The van der Waals surface area contributed by atoms with Gasteiger partial charge in [0.1, 0.15) is 0 Å². The van der Waals surface area contributed by atoms with Crippen molar-refractivity contribution >= 4 is 21.4 Å². The van der Waals surface area contributed by atoms with Crippen molar-refractivity contribution in [1.29, 1.82) is 0 Å². The van der Waals surface area contributed by atoms with Crippen molar-refractivity contribution in [2.45, 2.75) is 25.7 Å². The molecule has 25 heavy (non-hydrogen) atoms. The van der Waals surface area contributed by atoms with Crippen molar-refractivity contribution in [2.24, 2.45) is 0 Å². The molecule has 0 aliphatic rings. The molecule has 0 radical (unpaired) electrons. The van der Waals surface area contributed by atoms with E-state index in [2.05, 4.69) is 0 Å². The number of hydrogen-bond acceptors (Lipinski definition) is 2. The zero-order valence-corrected chi connectivity index (χ0v) is 15.4. The van der Waals surface area contributed by atoms with Crippen molar-refractivity contribution in [1.82, 2.24) is 0 Å². The Morgan fingerprint density at radius 2 is 1.32 bits per heavy atom. The average Bonchev–Trinajstić information content (AvgIpc) is 2.59. The van der Waals surface area contributed by atoms with Gasteiger partial charge in [-0.3, -0.25) is 0 Å². The second-order valence-corrected chi connectivity index (χ2v) is 7.99. The van der Waals surface area contributed by atoms with Gasteiger partial charge in [-0.25, -0.2) is 12.7 Å². The van der Waals surface area contributed by atoms with Gasteiger partial charge in [0.15, 0.2) is 0 Å². The number of para-hydroxylation sites is 1. The third-order valence-electron chi connectivity index (χ3n) is 4.13.